The standard InChI is InChI=1S/C11H10O2S/c1-2-3-7-14-10-6-4-5-9(8-10)11(12)13/h1,4-6,8H,3,7H2,(H,12,13). The Hall–Kier alpha value is -1.40. The molecule has 3 heteroatoms. The second-order valence-corrected chi connectivity index (χ2v) is 3.80. The van der Waals surface area contributed by atoms with Gasteiger partial charge in [0.25, 0.3) is 0 Å². The summed E-state index contributed by atoms with van der Waals surface area (Å²) in [6, 6.07) is 6.85. The van der Waals surface area contributed by atoms with Gasteiger partial charge in [-0.15, -0.1) is 24.1 Å². The molecule has 0 unspecified atom stereocenters. The number of carbonyl (C=O) groups is 1. The molecule has 14 heavy (non-hydrogen) atoms. The molecule has 0 aliphatic heterocycles. The zero-order chi connectivity index (χ0) is 10.4. The smallest absolute Gasteiger partial charge is 0.335 e. The third-order valence-electron chi connectivity index (χ3n) is 1.60. The molecule has 72 valence electrons. The molecule has 1 N–H and O–H groups in total. The summed E-state index contributed by atoms with van der Waals surface area (Å²) in [5, 5.41) is 8.74. The van der Waals surface area contributed by atoms with E-state index in [4.69, 9.17) is 11.5 Å². The molecule has 0 saturated carbocycles. The fraction of sp³-hybridized carbons (Fsp3) is 0.182. The molecule has 0 spiro atoms. The van der Waals surface area contributed by atoms with Gasteiger partial charge in [0.1, 0.15) is 0 Å². The maximum absolute atomic E-state index is 10.6. The largest absolute Gasteiger partial charge is 0.478 e. The minimum absolute atomic E-state index is 0.315. The molecule has 1 aromatic carbocycles. The van der Waals surface area contributed by atoms with Crippen LogP contribution < -0.4 is 0 Å². The average molecular weight is 206 g/mol. The second kappa shape index (κ2) is 5.36. The summed E-state index contributed by atoms with van der Waals surface area (Å²) in [6.07, 6.45) is 5.81. The molecule has 0 aliphatic carbocycles. The molecule has 0 aromatic heterocycles. The normalized spacial score (nSPS) is 9.36. The third-order valence-corrected chi connectivity index (χ3v) is 2.59. The summed E-state index contributed by atoms with van der Waals surface area (Å²) in [5.41, 5.74) is 0.315. The maximum atomic E-state index is 10.6. The summed E-state index contributed by atoms with van der Waals surface area (Å²) in [6.45, 7) is 0. The van der Waals surface area contributed by atoms with Gasteiger partial charge in [0, 0.05) is 17.1 Å². The fourth-order valence-electron chi connectivity index (χ4n) is 0.947. The van der Waals surface area contributed by atoms with E-state index in [1.807, 2.05) is 6.07 Å². The van der Waals surface area contributed by atoms with Gasteiger partial charge in [0.2, 0.25) is 0 Å². The Morgan fingerprint density at radius 2 is 2.36 bits per heavy atom. The van der Waals surface area contributed by atoms with E-state index in [9.17, 15) is 4.79 Å². The molecule has 0 radical (unpaired) electrons. The number of terminal acetylenes is 1. The lowest BCUT2D eigenvalue weighted by Gasteiger charge is -2.00. The predicted octanol–water partition coefficient (Wildman–Crippen LogP) is 2.50. The molecule has 1 aromatic rings. The number of carboxylic acids is 1. The van der Waals surface area contributed by atoms with Gasteiger partial charge in [-0.2, -0.15) is 0 Å². The van der Waals surface area contributed by atoms with Gasteiger partial charge in [-0.3, -0.25) is 0 Å². The van der Waals surface area contributed by atoms with Gasteiger partial charge in [-0.25, -0.2) is 4.79 Å². The highest BCUT2D eigenvalue weighted by molar-refractivity contribution is 7.99. The van der Waals surface area contributed by atoms with Crippen molar-refractivity contribution in [2.45, 2.75) is 11.3 Å². The molecule has 0 fully saturated rings. The van der Waals surface area contributed by atoms with Gasteiger partial charge in [0.05, 0.1) is 5.56 Å². The first-order valence-corrected chi connectivity index (χ1v) is 5.12. The van der Waals surface area contributed by atoms with E-state index in [-0.39, 0.29) is 0 Å². The molecule has 2 nitrogen and oxygen atoms in total. The number of rotatable bonds is 4. The van der Waals surface area contributed by atoms with Crippen LogP contribution in [0.2, 0.25) is 0 Å². The maximum Gasteiger partial charge on any atom is 0.335 e. The van der Waals surface area contributed by atoms with Crippen LogP contribution in [0.4, 0.5) is 0 Å². The molecule has 0 saturated heterocycles. The van der Waals surface area contributed by atoms with E-state index in [1.54, 1.807) is 30.0 Å². The van der Waals surface area contributed by atoms with E-state index < -0.39 is 5.97 Å². The van der Waals surface area contributed by atoms with Gasteiger partial charge in [0.15, 0.2) is 0 Å². The molecular formula is C11H10O2S. The average Bonchev–Trinajstić information content (AvgIpc) is 2.19. The summed E-state index contributed by atoms with van der Waals surface area (Å²) in [4.78, 5) is 11.6. The van der Waals surface area contributed by atoms with Crippen LogP contribution in [-0.4, -0.2) is 16.8 Å². The highest BCUT2D eigenvalue weighted by atomic mass is 32.2. The van der Waals surface area contributed by atoms with Crippen LogP contribution in [0.1, 0.15) is 16.8 Å². The number of hydrogen-bond acceptors (Lipinski definition) is 2. The van der Waals surface area contributed by atoms with Crippen molar-refractivity contribution in [2.24, 2.45) is 0 Å². The quantitative estimate of drug-likeness (QED) is 0.467. The summed E-state index contributed by atoms with van der Waals surface area (Å²) < 4.78 is 0. The van der Waals surface area contributed by atoms with E-state index in [1.165, 1.54) is 0 Å². The summed E-state index contributed by atoms with van der Waals surface area (Å²) >= 11 is 1.57. The van der Waals surface area contributed by atoms with Crippen LogP contribution >= 0.6 is 11.8 Å². The van der Waals surface area contributed by atoms with Crippen molar-refractivity contribution in [1.82, 2.24) is 0 Å². The second-order valence-electron chi connectivity index (χ2n) is 2.64. The Balaban J connectivity index is 2.65. The lowest BCUT2D eigenvalue weighted by molar-refractivity contribution is 0.0696. The lowest BCUT2D eigenvalue weighted by atomic mass is 10.2. The van der Waals surface area contributed by atoms with E-state index in [0.717, 1.165) is 10.6 Å². The zero-order valence-electron chi connectivity index (χ0n) is 7.56. The molecule has 0 amide bonds. The number of benzene rings is 1. The van der Waals surface area contributed by atoms with Crippen LogP contribution in [0.25, 0.3) is 0 Å². The van der Waals surface area contributed by atoms with Crippen LogP contribution in [0.3, 0.4) is 0 Å². The van der Waals surface area contributed by atoms with Gasteiger partial charge in [-0.1, -0.05) is 6.07 Å². The number of aromatic carboxylic acids is 1. The predicted molar refractivity (Wildman–Crippen MR) is 57.6 cm³/mol. The van der Waals surface area contributed by atoms with Crippen molar-refractivity contribution in [3.63, 3.8) is 0 Å². The van der Waals surface area contributed by atoms with Crippen molar-refractivity contribution >= 4 is 17.7 Å². The molecule has 0 atom stereocenters. The Kier molecular flexibility index (Phi) is 4.09. The molecular weight excluding hydrogens is 196 g/mol. The van der Waals surface area contributed by atoms with Crippen molar-refractivity contribution in [2.75, 3.05) is 5.75 Å². The Bertz CT molecular complexity index is 366. The molecule has 0 heterocycles. The summed E-state index contributed by atoms with van der Waals surface area (Å²) in [5.74, 6) is 2.46. The first-order valence-electron chi connectivity index (χ1n) is 4.13. The minimum atomic E-state index is -0.899. The van der Waals surface area contributed by atoms with E-state index >= 15 is 0 Å². The zero-order valence-corrected chi connectivity index (χ0v) is 8.38. The third kappa shape index (κ3) is 3.15. The number of thioether (sulfide) groups is 1. The fourth-order valence-corrected chi connectivity index (χ4v) is 1.79. The van der Waals surface area contributed by atoms with E-state index in [0.29, 0.717) is 12.0 Å². The van der Waals surface area contributed by atoms with Crippen molar-refractivity contribution in [1.29, 1.82) is 0 Å². The highest BCUT2D eigenvalue weighted by Gasteiger charge is 2.02. The van der Waals surface area contributed by atoms with Gasteiger partial charge >= 0.3 is 5.97 Å². The van der Waals surface area contributed by atoms with Crippen molar-refractivity contribution in [3.05, 3.63) is 29.8 Å². The molecule has 0 aliphatic rings. The van der Waals surface area contributed by atoms with Crippen LogP contribution in [0.5, 0.6) is 0 Å². The summed E-state index contributed by atoms with van der Waals surface area (Å²) in [7, 11) is 0. The monoisotopic (exact) mass is 206 g/mol. The van der Waals surface area contributed by atoms with Crippen LogP contribution in [0.15, 0.2) is 29.2 Å². The van der Waals surface area contributed by atoms with Crippen LogP contribution in [0, 0.1) is 12.3 Å². The van der Waals surface area contributed by atoms with Crippen LogP contribution in [-0.2, 0) is 0 Å². The van der Waals surface area contributed by atoms with Crippen molar-refractivity contribution < 1.29 is 9.90 Å². The minimum Gasteiger partial charge on any atom is -0.478 e. The van der Waals surface area contributed by atoms with Crippen molar-refractivity contribution in [3.8, 4) is 12.3 Å². The first kappa shape index (κ1) is 10.7. The van der Waals surface area contributed by atoms with Gasteiger partial charge in [-0.05, 0) is 18.2 Å². The molecule has 1 rings (SSSR count). The first-order chi connectivity index (χ1) is 6.74. The lowest BCUT2D eigenvalue weighted by Crippen LogP contribution is -1.95. The SMILES string of the molecule is C#CCCSc1cccc(C(=O)O)c1. The molecule has 0 bridgehead atoms. The Morgan fingerprint density at radius 1 is 1.57 bits per heavy atom. The number of hydrogen-bond donors (Lipinski definition) is 1. The Labute approximate surface area is 87.3 Å². The van der Waals surface area contributed by atoms with Gasteiger partial charge < -0.3 is 5.11 Å². The number of carboxylic acid groups (broad SMARTS) is 1. The Morgan fingerprint density at radius 3 is 3.00 bits per heavy atom. The van der Waals surface area contributed by atoms with E-state index in [2.05, 4.69) is 5.92 Å². The topological polar surface area (TPSA) is 37.3 Å². The highest BCUT2D eigenvalue weighted by Crippen LogP contribution is 2.19.